The summed E-state index contributed by atoms with van der Waals surface area (Å²) >= 11 is 0. The number of rotatable bonds is 4. The fourth-order valence-electron chi connectivity index (χ4n) is 1.14. The number of carbonyl (C=O) groups excluding carboxylic acids is 1. The molecule has 8 nitrogen and oxygen atoms in total. The van der Waals surface area contributed by atoms with E-state index in [0.717, 1.165) is 6.07 Å². The number of H-pyrrole nitrogens is 2. The van der Waals surface area contributed by atoms with Crippen LogP contribution in [0, 0.1) is 0 Å². The number of carboxylic acids is 1. The van der Waals surface area contributed by atoms with Gasteiger partial charge in [0.05, 0.1) is 6.42 Å². The predicted octanol–water partition coefficient (Wildman–Crippen LogP) is -1.80. The van der Waals surface area contributed by atoms with Crippen LogP contribution in [-0.2, 0) is 16.0 Å². The number of carbonyl (C=O) groups is 2. The number of hydrogen-bond acceptors (Lipinski definition) is 4. The first-order valence-corrected chi connectivity index (χ1v) is 4.73. The summed E-state index contributed by atoms with van der Waals surface area (Å²) in [4.78, 5) is 47.8. The number of aromatic amines is 2. The van der Waals surface area contributed by atoms with Crippen LogP contribution in [0.2, 0.25) is 0 Å². The Morgan fingerprint density at radius 1 is 1.41 bits per heavy atom. The van der Waals surface area contributed by atoms with E-state index in [4.69, 9.17) is 5.11 Å². The molecule has 8 heteroatoms. The van der Waals surface area contributed by atoms with Crippen molar-refractivity contribution in [3.63, 3.8) is 0 Å². The lowest BCUT2D eigenvalue weighted by atomic mass is 10.2. The summed E-state index contributed by atoms with van der Waals surface area (Å²) in [6, 6.07) is 0.0306. The lowest BCUT2D eigenvalue weighted by molar-refractivity contribution is -0.141. The van der Waals surface area contributed by atoms with Gasteiger partial charge in [0.15, 0.2) is 0 Å². The molecular formula is C9H11N3O5. The second kappa shape index (κ2) is 5.10. The first kappa shape index (κ1) is 12.7. The summed E-state index contributed by atoms with van der Waals surface area (Å²) < 4.78 is 0. The van der Waals surface area contributed by atoms with Gasteiger partial charge in [0.2, 0.25) is 5.91 Å². The van der Waals surface area contributed by atoms with Crippen molar-refractivity contribution in [2.24, 2.45) is 0 Å². The Morgan fingerprint density at radius 2 is 2.06 bits per heavy atom. The van der Waals surface area contributed by atoms with Gasteiger partial charge in [-0.15, -0.1) is 0 Å². The van der Waals surface area contributed by atoms with Crippen molar-refractivity contribution in [3.05, 3.63) is 32.6 Å². The molecule has 1 aromatic rings. The zero-order valence-corrected chi connectivity index (χ0v) is 8.94. The molecule has 17 heavy (non-hydrogen) atoms. The Labute approximate surface area is 94.7 Å². The predicted molar refractivity (Wildman–Crippen MR) is 56.6 cm³/mol. The minimum Gasteiger partial charge on any atom is -0.480 e. The van der Waals surface area contributed by atoms with E-state index in [1.54, 1.807) is 0 Å². The Kier molecular flexibility index (Phi) is 3.81. The largest absolute Gasteiger partial charge is 0.480 e. The normalized spacial score (nSPS) is 11.8. The third kappa shape index (κ3) is 3.93. The van der Waals surface area contributed by atoms with Gasteiger partial charge in [0, 0.05) is 11.8 Å². The summed E-state index contributed by atoms with van der Waals surface area (Å²) in [6.07, 6.45) is -0.267. The minimum absolute atomic E-state index is 0.119. The first-order chi connectivity index (χ1) is 7.88. The van der Waals surface area contributed by atoms with Crippen LogP contribution in [0.15, 0.2) is 15.7 Å². The molecule has 1 unspecified atom stereocenters. The van der Waals surface area contributed by atoms with E-state index in [9.17, 15) is 19.2 Å². The average molecular weight is 241 g/mol. The first-order valence-electron chi connectivity index (χ1n) is 4.73. The second-order valence-electron chi connectivity index (χ2n) is 3.42. The number of nitrogens with one attached hydrogen (secondary N) is 3. The molecule has 1 amide bonds. The standard InChI is InChI=1S/C9H11N3O5/c1-4(8(15)16)10-6(13)2-5-3-7(14)12-9(17)11-5/h3-4H,2H2,1H3,(H,10,13)(H,15,16)(H2,11,12,14,17). The minimum atomic E-state index is -1.17. The van der Waals surface area contributed by atoms with Crippen LogP contribution in [0.4, 0.5) is 0 Å². The third-order valence-corrected chi connectivity index (χ3v) is 1.92. The van der Waals surface area contributed by atoms with Crippen molar-refractivity contribution in [3.8, 4) is 0 Å². The molecule has 1 heterocycles. The van der Waals surface area contributed by atoms with Gasteiger partial charge in [-0.2, -0.15) is 0 Å². The SMILES string of the molecule is CC(NC(=O)Cc1cc(=O)[nH]c(=O)[nH]1)C(=O)O. The van der Waals surface area contributed by atoms with E-state index < -0.39 is 29.2 Å². The van der Waals surface area contributed by atoms with Gasteiger partial charge in [-0.1, -0.05) is 0 Å². The molecule has 4 N–H and O–H groups in total. The summed E-state index contributed by atoms with van der Waals surface area (Å²) in [5, 5.41) is 10.8. The van der Waals surface area contributed by atoms with Crippen LogP contribution >= 0.6 is 0 Å². The molecule has 0 bridgehead atoms. The van der Waals surface area contributed by atoms with Crippen molar-refractivity contribution in [1.82, 2.24) is 15.3 Å². The fraction of sp³-hybridized carbons (Fsp3) is 0.333. The van der Waals surface area contributed by atoms with E-state index in [2.05, 4.69) is 10.3 Å². The smallest absolute Gasteiger partial charge is 0.325 e. The van der Waals surface area contributed by atoms with Gasteiger partial charge in [-0.05, 0) is 6.92 Å². The molecule has 1 atom stereocenters. The third-order valence-electron chi connectivity index (χ3n) is 1.92. The maximum Gasteiger partial charge on any atom is 0.325 e. The molecular weight excluding hydrogens is 230 g/mol. The number of hydrogen-bond donors (Lipinski definition) is 4. The molecule has 0 aliphatic heterocycles. The van der Waals surface area contributed by atoms with Gasteiger partial charge in [-0.3, -0.25) is 19.4 Å². The van der Waals surface area contributed by atoms with Crippen molar-refractivity contribution in [1.29, 1.82) is 0 Å². The Hall–Kier alpha value is -2.38. The molecule has 1 aromatic heterocycles. The molecule has 0 saturated carbocycles. The van der Waals surface area contributed by atoms with Crippen molar-refractivity contribution >= 4 is 11.9 Å². The zero-order chi connectivity index (χ0) is 13.0. The van der Waals surface area contributed by atoms with Crippen LogP contribution in [-0.4, -0.2) is 33.0 Å². The highest BCUT2D eigenvalue weighted by Crippen LogP contribution is 1.90. The maximum absolute atomic E-state index is 11.3. The molecule has 0 radical (unpaired) electrons. The highest BCUT2D eigenvalue weighted by atomic mass is 16.4. The van der Waals surface area contributed by atoms with Crippen molar-refractivity contribution in [2.45, 2.75) is 19.4 Å². The van der Waals surface area contributed by atoms with Crippen LogP contribution in [0.25, 0.3) is 0 Å². The molecule has 0 aromatic carbocycles. The summed E-state index contributed by atoms with van der Waals surface area (Å²) in [5.41, 5.74) is -1.22. The topological polar surface area (TPSA) is 132 Å². The lowest BCUT2D eigenvalue weighted by Crippen LogP contribution is -2.39. The van der Waals surface area contributed by atoms with E-state index >= 15 is 0 Å². The van der Waals surface area contributed by atoms with E-state index in [1.165, 1.54) is 6.92 Å². The molecule has 1 rings (SSSR count). The Balaban J connectivity index is 2.72. The summed E-state index contributed by atoms with van der Waals surface area (Å²) in [5.74, 6) is -1.76. The van der Waals surface area contributed by atoms with Crippen LogP contribution < -0.4 is 16.6 Å². The van der Waals surface area contributed by atoms with Crippen molar-refractivity contribution < 1.29 is 14.7 Å². The summed E-state index contributed by atoms with van der Waals surface area (Å²) in [7, 11) is 0. The molecule has 0 saturated heterocycles. The maximum atomic E-state index is 11.3. The van der Waals surface area contributed by atoms with Gasteiger partial charge in [-0.25, -0.2) is 4.79 Å². The highest BCUT2D eigenvalue weighted by Gasteiger charge is 2.14. The van der Waals surface area contributed by atoms with Gasteiger partial charge < -0.3 is 15.4 Å². The van der Waals surface area contributed by atoms with Crippen LogP contribution in [0.5, 0.6) is 0 Å². The lowest BCUT2D eigenvalue weighted by Gasteiger charge is -2.08. The Bertz CT molecular complexity index is 516. The molecule has 0 fully saturated rings. The van der Waals surface area contributed by atoms with E-state index in [0.29, 0.717) is 0 Å². The number of aliphatic carboxylic acids is 1. The quantitative estimate of drug-likeness (QED) is 0.493. The molecule has 0 aliphatic rings. The summed E-state index contributed by atoms with van der Waals surface area (Å²) in [6.45, 7) is 1.31. The van der Waals surface area contributed by atoms with Gasteiger partial charge in [0.1, 0.15) is 6.04 Å². The second-order valence-corrected chi connectivity index (χ2v) is 3.42. The van der Waals surface area contributed by atoms with Gasteiger partial charge in [0.25, 0.3) is 5.56 Å². The molecule has 0 spiro atoms. The number of carboxylic acid groups (broad SMARTS) is 1. The highest BCUT2D eigenvalue weighted by molar-refractivity contribution is 5.84. The Morgan fingerprint density at radius 3 is 2.59 bits per heavy atom. The average Bonchev–Trinajstić information content (AvgIpc) is 2.14. The van der Waals surface area contributed by atoms with Crippen molar-refractivity contribution in [2.75, 3.05) is 0 Å². The zero-order valence-electron chi connectivity index (χ0n) is 8.94. The number of aromatic nitrogens is 2. The van der Waals surface area contributed by atoms with Gasteiger partial charge >= 0.3 is 11.7 Å². The molecule has 92 valence electrons. The van der Waals surface area contributed by atoms with Crippen LogP contribution in [0.3, 0.4) is 0 Å². The molecule has 0 aliphatic carbocycles. The van der Waals surface area contributed by atoms with E-state index in [1.807, 2.05) is 4.98 Å². The monoisotopic (exact) mass is 241 g/mol. The fourth-order valence-corrected chi connectivity index (χ4v) is 1.14. The van der Waals surface area contributed by atoms with E-state index in [-0.39, 0.29) is 12.1 Å². The van der Waals surface area contributed by atoms with Crippen LogP contribution in [0.1, 0.15) is 12.6 Å². The number of amides is 1.